The average Bonchev–Trinajstić information content (AvgIpc) is 3.24. The summed E-state index contributed by atoms with van der Waals surface area (Å²) in [5.74, 6) is -0.122. The van der Waals surface area contributed by atoms with Crippen molar-refractivity contribution in [2.24, 2.45) is 0 Å². The second-order valence-corrected chi connectivity index (χ2v) is 6.75. The minimum Gasteiger partial charge on any atom is -0.381 e. The quantitative estimate of drug-likeness (QED) is 0.859. The second kappa shape index (κ2) is 7.33. The lowest BCUT2D eigenvalue weighted by Gasteiger charge is -2.21. The lowest BCUT2D eigenvalue weighted by Crippen LogP contribution is -2.36. The largest absolute Gasteiger partial charge is 0.381 e. The Morgan fingerprint density at radius 3 is 2.80 bits per heavy atom. The van der Waals surface area contributed by atoms with Crippen LogP contribution in [0.3, 0.4) is 0 Å². The molecule has 0 unspecified atom stereocenters. The Morgan fingerprint density at radius 1 is 1.36 bits per heavy atom. The van der Waals surface area contributed by atoms with E-state index < -0.39 is 5.60 Å². The first-order valence-electron chi connectivity index (χ1n) is 8.52. The number of benzene rings is 1. The standard InChI is InChI=1S/C18H24N4O3/c1-14(2)22-10-16(19-20-22)18(24)8-9-21(13-18)17(23)12-25-11-15-6-4-3-5-7-15/h3-7,10,14,24H,8-9,11-13H2,1-2H3/t18-/m0/s1. The maximum absolute atomic E-state index is 12.3. The van der Waals surface area contributed by atoms with Gasteiger partial charge in [0.05, 0.1) is 19.3 Å². The van der Waals surface area contributed by atoms with Gasteiger partial charge < -0.3 is 14.7 Å². The van der Waals surface area contributed by atoms with Crippen LogP contribution >= 0.6 is 0 Å². The van der Waals surface area contributed by atoms with E-state index in [9.17, 15) is 9.90 Å². The summed E-state index contributed by atoms with van der Waals surface area (Å²) < 4.78 is 7.21. The Kier molecular flexibility index (Phi) is 5.15. The number of amides is 1. The maximum Gasteiger partial charge on any atom is 0.248 e. The van der Waals surface area contributed by atoms with Crippen molar-refractivity contribution in [2.75, 3.05) is 19.7 Å². The molecule has 2 heterocycles. The van der Waals surface area contributed by atoms with E-state index in [0.717, 1.165) is 5.56 Å². The minimum absolute atomic E-state index is 0.00363. The molecule has 7 nitrogen and oxygen atoms in total. The first-order chi connectivity index (χ1) is 12.0. The van der Waals surface area contributed by atoms with Crippen molar-refractivity contribution < 1.29 is 14.6 Å². The highest BCUT2D eigenvalue weighted by Gasteiger charge is 2.41. The number of aliphatic hydroxyl groups is 1. The van der Waals surface area contributed by atoms with Gasteiger partial charge in [-0.3, -0.25) is 4.79 Å². The van der Waals surface area contributed by atoms with Gasteiger partial charge in [0.2, 0.25) is 5.91 Å². The van der Waals surface area contributed by atoms with Crippen LogP contribution < -0.4 is 0 Å². The van der Waals surface area contributed by atoms with Crippen LogP contribution in [0.1, 0.15) is 37.6 Å². The molecule has 1 aromatic heterocycles. The third-order valence-corrected chi connectivity index (χ3v) is 4.45. The molecule has 0 spiro atoms. The number of aromatic nitrogens is 3. The summed E-state index contributed by atoms with van der Waals surface area (Å²) in [5.41, 5.74) is 0.405. The van der Waals surface area contributed by atoms with Crippen molar-refractivity contribution in [3.8, 4) is 0 Å². The Balaban J connectivity index is 1.53. The zero-order valence-corrected chi connectivity index (χ0v) is 14.6. The van der Waals surface area contributed by atoms with Crippen LogP contribution in [0.2, 0.25) is 0 Å². The third kappa shape index (κ3) is 4.05. The van der Waals surface area contributed by atoms with Crippen molar-refractivity contribution in [3.05, 3.63) is 47.8 Å². The molecule has 1 aliphatic rings. The Hall–Kier alpha value is -2.25. The Labute approximate surface area is 147 Å². The van der Waals surface area contributed by atoms with E-state index in [0.29, 0.717) is 25.3 Å². The number of nitrogens with zero attached hydrogens (tertiary/aromatic N) is 4. The van der Waals surface area contributed by atoms with E-state index in [1.807, 2.05) is 44.2 Å². The predicted molar refractivity (Wildman–Crippen MR) is 91.6 cm³/mol. The van der Waals surface area contributed by atoms with E-state index in [4.69, 9.17) is 4.74 Å². The first-order valence-corrected chi connectivity index (χ1v) is 8.52. The molecule has 134 valence electrons. The third-order valence-electron chi connectivity index (χ3n) is 4.45. The average molecular weight is 344 g/mol. The molecule has 25 heavy (non-hydrogen) atoms. The molecular weight excluding hydrogens is 320 g/mol. The molecule has 1 fully saturated rings. The van der Waals surface area contributed by atoms with Gasteiger partial charge in [0, 0.05) is 19.0 Å². The molecule has 7 heteroatoms. The van der Waals surface area contributed by atoms with Gasteiger partial charge in [0.25, 0.3) is 0 Å². The van der Waals surface area contributed by atoms with Crippen LogP contribution in [0.25, 0.3) is 0 Å². The van der Waals surface area contributed by atoms with E-state index in [1.54, 1.807) is 15.8 Å². The SMILES string of the molecule is CC(C)n1cc([C@]2(O)CCN(C(=O)COCc3ccccc3)C2)nn1. The maximum atomic E-state index is 12.3. The van der Waals surface area contributed by atoms with Gasteiger partial charge in [0.1, 0.15) is 17.9 Å². The topological polar surface area (TPSA) is 80.5 Å². The summed E-state index contributed by atoms with van der Waals surface area (Å²) in [6.07, 6.45) is 2.21. The van der Waals surface area contributed by atoms with Gasteiger partial charge in [-0.25, -0.2) is 4.68 Å². The molecule has 1 N–H and O–H groups in total. The van der Waals surface area contributed by atoms with Gasteiger partial charge in [-0.2, -0.15) is 0 Å². The summed E-state index contributed by atoms with van der Waals surface area (Å²) in [4.78, 5) is 13.9. The van der Waals surface area contributed by atoms with Gasteiger partial charge in [-0.1, -0.05) is 35.5 Å². The number of hydrogen-bond donors (Lipinski definition) is 1. The van der Waals surface area contributed by atoms with Crippen LogP contribution in [0.5, 0.6) is 0 Å². The van der Waals surface area contributed by atoms with Crippen molar-refractivity contribution in [2.45, 2.75) is 38.5 Å². The summed E-state index contributed by atoms with van der Waals surface area (Å²) in [5, 5.41) is 18.9. The van der Waals surface area contributed by atoms with E-state index in [1.165, 1.54) is 0 Å². The summed E-state index contributed by atoms with van der Waals surface area (Å²) in [6, 6.07) is 9.90. The monoisotopic (exact) mass is 344 g/mol. The van der Waals surface area contributed by atoms with Crippen molar-refractivity contribution >= 4 is 5.91 Å². The van der Waals surface area contributed by atoms with Gasteiger partial charge >= 0.3 is 0 Å². The van der Waals surface area contributed by atoms with Crippen LogP contribution in [0.15, 0.2) is 36.5 Å². The van der Waals surface area contributed by atoms with Crippen LogP contribution in [0.4, 0.5) is 0 Å². The van der Waals surface area contributed by atoms with Gasteiger partial charge in [-0.15, -0.1) is 5.10 Å². The summed E-state index contributed by atoms with van der Waals surface area (Å²) in [7, 11) is 0. The van der Waals surface area contributed by atoms with Gasteiger partial charge in [0.15, 0.2) is 0 Å². The lowest BCUT2D eigenvalue weighted by molar-refractivity contribution is -0.136. The smallest absolute Gasteiger partial charge is 0.248 e. The molecule has 1 atom stereocenters. The Morgan fingerprint density at radius 2 is 2.12 bits per heavy atom. The summed E-state index contributed by atoms with van der Waals surface area (Å²) in [6.45, 7) is 5.10. The normalized spacial score (nSPS) is 20.4. The molecule has 0 bridgehead atoms. The van der Waals surface area contributed by atoms with Crippen molar-refractivity contribution in [3.63, 3.8) is 0 Å². The molecular formula is C18H24N4O3. The second-order valence-electron chi connectivity index (χ2n) is 6.75. The van der Waals surface area contributed by atoms with Crippen LogP contribution in [0, 0.1) is 0 Å². The molecule has 2 aromatic rings. The van der Waals surface area contributed by atoms with Crippen LogP contribution in [-0.2, 0) is 21.7 Å². The number of rotatable bonds is 6. The minimum atomic E-state index is -1.14. The van der Waals surface area contributed by atoms with E-state index >= 15 is 0 Å². The molecule has 1 amide bonds. The molecule has 0 aliphatic carbocycles. The first kappa shape index (κ1) is 17.6. The van der Waals surface area contributed by atoms with Crippen molar-refractivity contribution in [1.82, 2.24) is 19.9 Å². The highest BCUT2D eigenvalue weighted by molar-refractivity contribution is 5.77. The molecule has 0 radical (unpaired) electrons. The molecule has 3 rings (SSSR count). The lowest BCUT2D eigenvalue weighted by atomic mass is 10.00. The highest BCUT2D eigenvalue weighted by Crippen LogP contribution is 2.30. The number of ether oxygens (including phenoxy) is 1. The molecule has 1 saturated heterocycles. The number of likely N-dealkylation sites (tertiary alicyclic amines) is 1. The molecule has 1 aliphatic heterocycles. The van der Waals surface area contributed by atoms with Crippen molar-refractivity contribution in [1.29, 1.82) is 0 Å². The number of β-amino-alcohol motifs (C(OH)–C–C–N with tert-alkyl or cyclic N) is 1. The van der Waals surface area contributed by atoms with Gasteiger partial charge in [-0.05, 0) is 19.4 Å². The zero-order chi connectivity index (χ0) is 17.9. The fourth-order valence-electron chi connectivity index (χ4n) is 2.88. The number of carbonyl (C=O) groups is 1. The Bertz CT molecular complexity index is 716. The molecule has 1 aromatic carbocycles. The zero-order valence-electron chi connectivity index (χ0n) is 14.6. The van der Waals surface area contributed by atoms with E-state index in [-0.39, 0.29) is 25.1 Å². The molecule has 0 saturated carbocycles. The highest BCUT2D eigenvalue weighted by atomic mass is 16.5. The van der Waals surface area contributed by atoms with E-state index in [2.05, 4.69) is 10.3 Å². The fraction of sp³-hybridized carbons (Fsp3) is 0.500. The number of hydrogen-bond acceptors (Lipinski definition) is 5. The number of carbonyl (C=O) groups excluding carboxylic acids is 1. The summed E-state index contributed by atoms with van der Waals surface area (Å²) >= 11 is 0. The fourth-order valence-corrected chi connectivity index (χ4v) is 2.88. The predicted octanol–water partition coefficient (Wildman–Crippen LogP) is 1.50. The van der Waals surface area contributed by atoms with Crippen LogP contribution in [-0.4, -0.2) is 50.6 Å².